The van der Waals surface area contributed by atoms with E-state index in [1.807, 2.05) is 5.32 Å². The fourth-order valence-corrected chi connectivity index (χ4v) is 1.34. The number of amides is 1. The van der Waals surface area contributed by atoms with Gasteiger partial charge in [-0.1, -0.05) is 12.1 Å². The van der Waals surface area contributed by atoms with Gasteiger partial charge in [-0.2, -0.15) is 0 Å². The van der Waals surface area contributed by atoms with Crippen LogP contribution in [0.4, 0.5) is 4.39 Å². The van der Waals surface area contributed by atoms with E-state index in [0.717, 1.165) is 6.08 Å². The van der Waals surface area contributed by atoms with Gasteiger partial charge in [0.25, 0.3) is 0 Å². The zero-order valence-electron chi connectivity index (χ0n) is 10.2. The lowest BCUT2D eigenvalue weighted by Gasteiger charge is -2.10. The Morgan fingerprint density at radius 1 is 1.20 bits per heavy atom. The van der Waals surface area contributed by atoms with Gasteiger partial charge in [-0.25, -0.2) is 9.18 Å². The van der Waals surface area contributed by atoms with Crippen LogP contribution in [-0.4, -0.2) is 34.1 Å². The minimum absolute atomic E-state index is 0.418. The Bertz CT molecular complexity index is 538. The fourth-order valence-electron chi connectivity index (χ4n) is 1.34. The molecule has 0 aliphatic carbocycles. The largest absolute Gasteiger partial charge is 0.481 e. The molecule has 0 aliphatic rings. The van der Waals surface area contributed by atoms with Crippen LogP contribution in [0.1, 0.15) is 12.0 Å². The Morgan fingerprint density at radius 2 is 1.80 bits per heavy atom. The number of halogens is 1. The molecular formula is C13H12FNO5. The average molecular weight is 281 g/mol. The van der Waals surface area contributed by atoms with Crippen molar-refractivity contribution in [2.75, 3.05) is 0 Å². The number of carbonyl (C=O) groups excluding carboxylic acids is 1. The maximum atomic E-state index is 12.6. The summed E-state index contributed by atoms with van der Waals surface area (Å²) in [5, 5.41) is 19.3. The Kier molecular flexibility index (Phi) is 5.40. The van der Waals surface area contributed by atoms with Gasteiger partial charge in [0.05, 0.1) is 6.42 Å². The molecule has 0 saturated heterocycles. The van der Waals surface area contributed by atoms with Gasteiger partial charge in [0.1, 0.15) is 11.9 Å². The van der Waals surface area contributed by atoms with E-state index in [1.54, 1.807) is 0 Å². The molecule has 106 valence electrons. The fraction of sp³-hybridized carbons (Fsp3) is 0.154. The van der Waals surface area contributed by atoms with E-state index in [9.17, 15) is 18.8 Å². The van der Waals surface area contributed by atoms with Crippen LogP contribution in [0.15, 0.2) is 30.3 Å². The second-order valence-corrected chi connectivity index (χ2v) is 3.88. The van der Waals surface area contributed by atoms with E-state index >= 15 is 0 Å². The summed E-state index contributed by atoms with van der Waals surface area (Å²) in [6.07, 6.45) is 1.69. The Hall–Kier alpha value is -2.70. The first-order valence-electron chi connectivity index (χ1n) is 5.57. The van der Waals surface area contributed by atoms with E-state index in [0.29, 0.717) is 5.56 Å². The first kappa shape index (κ1) is 15.4. The van der Waals surface area contributed by atoms with E-state index in [-0.39, 0.29) is 0 Å². The normalized spacial score (nSPS) is 12.1. The molecule has 1 rings (SSSR count). The zero-order valence-corrected chi connectivity index (χ0v) is 10.2. The van der Waals surface area contributed by atoms with E-state index in [1.165, 1.54) is 30.3 Å². The molecule has 1 atom stereocenters. The van der Waals surface area contributed by atoms with Gasteiger partial charge in [-0.05, 0) is 23.8 Å². The quantitative estimate of drug-likeness (QED) is 0.672. The number of aliphatic carboxylic acids is 2. The highest BCUT2D eigenvalue weighted by molar-refractivity contribution is 5.95. The monoisotopic (exact) mass is 281 g/mol. The number of hydrogen-bond acceptors (Lipinski definition) is 3. The summed E-state index contributed by atoms with van der Waals surface area (Å²) in [4.78, 5) is 32.6. The summed E-state index contributed by atoms with van der Waals surface area (Å²) >= 11 is 0. The highest BCUT2D eigenvalue weighted by atomic mass is 19.1. The average Bonchev–Trinajstić information content (AvgIpc) is 2.36. The van der Waals surface area contributed by atoms with Crippen LogP contribution in [0, 0.1) is 5.82 Å². The molecule has 0 aliphatic heterocycles. The molecular weight excluding hydrogens is 269 g/mol. The van der Waals surface area contributed by atoms with Gasteiger partial charge in [0, 0.05) is 6.08 Å². The summed E-state index contributed by atoms with van der Waals surface area (Å²) in [7, 11) is 0. The van der Waals surface area contributed by atoms with Gasteiger partial charge >= 0.3 is 11.9 Å². The van der Waals surface area contributed by atoms with Crippen LogP contribution in [0.3, 0.4) is 0 Å². The molecule has 1 aromatic rings. The van der Waals surface area contributed by atoms with Crippen LogP contribution in [0.25, 0.3) is 6.08 Å². The molecule has 1 amide bonds. The molecule has 0 bridgehead atoms. The maximum Gasteiger partial charge on any atom is 0.326 e. The SMILES string of the molecule is O=C(O)CC(NC(=O)/C=C/c1ccc(F)cc1)C(=O)O. The smallest absolute Gasteiger partial charge is 0.326 e. The van der Waals surface area contributed by atoms with Gasteiger partial charge in [-0.3, -0.25) is 9.59 Å². The molecule has 20 heavy (non-hydrogen) atoms. The minimum Gasteiger partial charge on any atom is -0.481 e. The number of hydrogen-bond donors (Lipinski definition) is 3. The van der Waals surface area contributed by atoms with Crippen molar-refractivity contribution in [2.45, 2.75) is 12.5 Å². The standard InChI is InChI=1S/C13H12FNO5/c14-9-4-1-8(2-5-9)3-6-11(16)15-10(13(19)20)7-12(17)18/h1-6,10H,7H2,(H,15,16)(H,17,18)(H,19,20)/b6-3+. The zero-order chi connectivity index (χ0) is 15.1. The molecule has 0 heterocycles. The van der Waals surface area contributed by atoms with Crippen molar-refractivity contribution >= 4 is 23.9 Å². The number of carbonyl (C=O) groups is 3. The van der Waals surface area contributed by atoms with Gasteiger partial charge in [0.2, 0.25) is 5.91 Å². The van der Waals surface area contributed by atoms with Crippen molar-refractivity contribution in [3.8, 4) is 0 Å². The summed E-state index contributed by atoms with van der Waals surface area (Å²) in [6, 6.07) is 3.79. The first-order valence-corrected chi connectivity index (χ1v) is 5.57. The lowest BCUT2D eigenvalue weighted by Crippen LogP contribution is -2.41. The van der Waals surface area contributed by atoms with E-state index < -0.39 is 36.1 Å². The van der Waals surface area contributed by atoms with Crippen molar-refractivity contribution in [1.82, 2.24) is 5.32 Å². The number of benzene rings is 1. The third-order valence-corrected chi connectivity index (χ3v) is 2.29. The van der Waals surface area contributed by atoms with Gasteiger partial charge < -0.3 is 15.5 Å². The van der Waals surface area contributed by atoms with Crippen LogP contribution in [-0.2, 0) is 14.4 Å². The first-order chi connectivity index (χ1) is 9.38. The lowest BCUT2D eigenvalue weighted by molar-refractivity contribution is -0.146. The molecule has 0 aromatic heterocycles. The molecule has 0 radical (unpaired) electrons. The van der Waals surface area contributed by atoms with Gasteiger partial charge in [0.15, 0.2) is 0 Å². The lowest BCUT2D eigenvalue weighted by atomic mass is 10.2. The number of carboxylic acids is 2. The van der Waals surface area contributed by atoms with Crippen molar-refractivity contribution in [2.24, 2.45) is 0 Å². The molecule has 0 fully saturated rings. The molecule has 1 aromatic carbocycles. The van der Waals surface area contributed by atoms with Crippen LogP contribution >= 0.6 is 0 Å². The number of rotatable bonds is 6. The molecule has 0 spiro atoms. The number of nitrogens with one attached hydrogen (secondary N) is 1. The summed E-state index contributed by atoms with van der Waals surface area (Å²) < 4.78 is 12.6. The second kappa shape index (κ2) is 7.03. The highest BCUT2D eigenvalue weighted by Crippen LogP contribution is 2.04. The van der Waals surface area contributed by atoms with Crippen LogP contribution in [0.5, 0.6) is 0 Å². The predicted octanol–water partition coefficient (Wildman–Crippen LogP) is 0.883. The Labute approximate surface area is 113 Å². The van der Waals surface area contributed by atoms with Crippen molar-refractivity contribution < 1.29 is 29.0 Å². The van der Waals surface area contributed by atoms with Crippen molar-refractivity contribution in [3.63, 3.8) is 0 Å². The van der Waals surface area contributed by atoms with Crippen molar-refractivity contribution in [3.05, 3.63) is 41.7 Å². The third-order valence-electron chi connectivity index (χ3n) is 2.29. The summed E-state index contributed by atoms with van der Waals surface area (Å²) in [5.41, 5.74) is 0.548. The molecule has 0 saturated carbocycles. The molecule has 1 unspecified atom stereocenters. The second-order valence-electron chi connectivity index (χ2n) is 3.88. The minimum atomic E-state index is -1.50. The highest BCUT2D eigenvalue weighted by Gasteiger charge is 2.21. The third kappa shape index (κ3) is 5.30. The topological polar surface area (TPSA) is 104 Å². The molecule has 6 nitrogen and oxygen atoms in total. The Balaban J connectivity index is 2.63. The van der Waals surface area contributed by atoms with E-state index in [2.05, 4.69) is 0 Å². The Morgan fingerprint density at radius 3 is 2.30 bits per heavy atom. The van der Waals surface area contributed by atoms with Crippen LogP contribution in [0.2, 0.25) is 0 Å². The van der Waals surface area contributed by atoms with Crippen molar-refractivity contribution in [1.29, 1.82) is 0 Å². The molecule has 3 N–H and O–H groups in total. The summed E-state index contributed by atoms with van der Waals surface area (Å²) in [5.74, 6) is -3.93. The van der Waals surface area contributed by atoms with E-state index in [4.69, 9.17) is 10.2 Å². The van der Waals surface area contributed by atoms with Crippen LogP contribution < -0.4 is 5.32 Å². The predicted molar refractivity (Wildman–Crippen MR) is 67.3 cm³/mol. The number of carboxylic acid groups (broad SMARTS) is 2. The maximum absolute atomic E-state index is 12.6. The summed E-state index contributed by atoms with van der Waals surface area (Å²) in [6.45, 7) is 0. The van der Waals surface area contributed by atoms with Gasteiger partial charge in [-0.15, -0.1) is 0 Å². The molecule has 7 heteroatoms.